The van der Waals surface area contributed by atoms with Gasteiger partial charge >= 0.3 is 6.18 Å². The van der Waals surface area contributed by atoms with E-state index in [1.807, 2.05) is 42.5 Å². The molecule has 0 aliphatic heterocycles. The maximum absolute atomic E-state index is 13.0. The van der Waals surface area contributed by atoms with Crippen LogP contribution < -0.4 is 5.32 Å². The fraction of sp³-hybridized carbons (Fsp3) is 0.0690. The van der Waals surface area contributed by atoms with Crippen molar-refractivity contribution in [3.05, 3.63) is 114 Å². The van der Waals surface area contributed by atoms with Crippen LogP contribution >= 0.6 is 0 Å². The van der Waals surface area contributed by atoms with Gasteiger partial charge in [0.1, 0.15) is 17.1 Å². The van der Waals surface area contributed by atoms with Gasteiger partial charge < -0.3 is 14.7 Å². The molecule has 2 N–H and O–H groups in total. The molecular weight excluding hydrogens is 493 g/mol. The minimum absolute atomic E-state index is 0.0815. The Balaban J connectivity index is 1.27. The van der Waals surface area contributed by atoms with Gasteiger partial charge in [-0.3, -0.25) is 4.79 Å². The van der Waals surface area contributed by atoms with E-state index in [1.165, 1.54) is 12.1 Å². The standard InChI is InChI=1S/C29H19F3N4O2/c30-29(31,32)20-8-4-7-19(15-20)28(37)34-21-9-3-5-17(13-21)14-25-35-22-11-12-33-26(22)27(36-25)24-16-18-6-1-2-10-23(18)38-24/h1-13,15-16,33H,14H2,(H,34,37). The normalized spacial score (nSPS) is 11.8. The lowest BCUT2D eigenvalue weighted by atomic mass is 10.1. The molecule has 0 radical (unpaired) electrons. The summed E-state index contributed by atoms with van der Waals surface area (Å²) in [6.45, 7) is 0. The van der Waals surface area contributed by atoms with Crippen LogP contribution in [0.1, 0.15) is 27.3 Å². The van der Waals surface area contributed by atoms with Crippen molar-refractivity contribution < 1.29 is 22.4 Å². The van der Waals surface area contributed by atoms with Gasteiger partial charge in [-0.15, -0.1) is 0 Å². The topological polar surface area (TPSA) is 83.8 Å². The van der Waals surface area contributed by atoms with Crippen LogP contribution in [-0.4, -0.2) is 20.9 Å². The molecule has 0 fully saturated rings. The van der Waals surface area contributed by atoms with Crippen molar-refractivity contribution in [1.29, 1.82) is 0 Å². The number of carbonyl (C=O) groups excluding carboxylic acids is 1. The lowest BCUT2D eigenvalue weighted by Crippen LogP contribution is -2.14. The second-order valence-corrected chi connectivity index (χ2v) is 8.78. The molecule has 0 aliphatic carbocycles. The molecule has 3 aromatic carbocycles. The second kappa shape index (κ2) is 9.19. The number of rotatable bonds is 5. The molecule has 0 saturated carbocycles. The van der Waals surface area contributed by atoms with E-state index in [-0.39, 0.29) is 5.56 Å². The summed E-state index contributed by atoms with van der Waals surface area (Å²) in [5.41, 5.74) is 3.20. The molecule has 0 unspecified atom stereocenters. The van der Waals surface area contributed by atoms with E-state index in [0.29, 0.717) is 29.4 Å². The van der Waals surface area contributed by atoms with Crippen LogP contribution in [0.15, 0.2) is 95.5 Å². The third-order valence-electron chi connectivity index (χ3n) is 6.11. The quantitative estimate of drug-likeness (QED) is 0.255. The summed E-state index contributed by atoms with van der Waals surface area (Å²) in [5, 5.41) is 3.64. The molecule has 1 amide bonds. The Hall–Kier alpha value is -4.92. The van der Waals surface area contributed by atoms with Crippen LogP contribution in [0, 0.1) is 0 Å². The van der Waals surface area contributed by atoms with Crippen molar-refractivity contribution in [2.75, 3.05) is 5.32 Å². The molecule has 0 saturated heterocycles. The number of para-hydroxylation sites is 1. The Kier molecular flexibility index (Phi) is 5.68. The van der Waals surface area contributed by atoms with Crippen molar-refractivity contribution in [3.8, 4) is 11.5 Å². The Labute approximate surface area is 214 Å². The molecule has 9 heteroatoms. The summed E-state index contributed by atoms with van der Waals surface area (Å²) in [6, 6.07) is 22.9. The summed E-state index contributed by atoms with van der Waals surface area (Å²) in [4.78, 5) is 25.3. The zero-order chi connectivity index (χ0) is 26.3. The van der Waals surface area contributed by atoms with Crippen molar-refractivity contribution in [2.24, 2.45) is 0 Å². The van der Waals surface area contributed by atoms with E-state index >= 15 is 0 Å². The largest absolute Gasteiger partial charge is 0.454 e. The van der Waals surface area contributed by atoms with Crippen LogP contribution in [0.3, 0.4) is 0 Å². The Morgan fingerprint density at radius 1 is 0.921 bits per heavy atom. The number of aromatic nitrogens is 3. The van der Waals surface area contributed by atoms with E-state index in [4.69, 9.17) is 9.40 Å². The average molecular weight is 512 g/mol. The fourth-order valence-electron chi connectivity index (χ4n) is 4.33. The average Bonchev–Trinajstić information content (AvgIpc) is 3.55. The minimum atomic E-state index is -4.53. The van der Waals surface area contributed by atoms with Crippen LogP contribution in [-0.2, 0) is 12.6 Å². The predicted molar refractivity (Wildman–Crippen MR) is 138 cm³/mol. The monoisotopic (exact) mass is 512 g/mol. The first-order valence-corrected chi connectivity index (χ1v) is 11.7. The number of halogens is 3. The highest BCUT2D eigenvalue weighted by atomic mass is 19.4. The van der Waals surface area contributed by atoms with Gasteiger partial charge in [-0.25, -0.2) is 9.97 Å². The zero-order valence-corrected chi connectivity index (χ0v) is 19.7. The van der Waals surface area contributed by atoms with Crippen LogP contribution in [0.2, 0.25) is 0 Å². The summed E-state index contributed by atoms with van der Waals surface area (Å²) >= 11 is 0. The van der Waals surface area contributed by atoms with E-state index in [0.717, 1.165) is 39.7 Å². The maximum Gasteiger partial charge on any atom is 0.416 e. The van der Waals surface area contributed by atoms with E-state index < -0.39 is 17.6 Å². The molecule has 6 aromatic rings. The molecule has 38 heavy (non-hydrogen) atoms. The molecule has 0 bridgehead atoms. The molecule has 6 nitrogen and oxygen atoms in total. The third kappa shape index (κ3) is 4.61. The molecule has 3 heterocycles. The van der Waals surface area contributed by atoms with Crippen LogP contribution in [0.25, 0.3) is 33.5 Å². The SMILES string of the molecule is O=C(Nc1cccc(Cc2nc(-c3cc4ccccc4o3)c3[nH]ccc3n2)c1)c1cccc(C(F)(F)F)c1. The van der Waals surface area contributed by atoms with Gasteiger partial charge in [0, 0.05) is 29.3 Å². The number of fused-ring (bicyclic) bond motifs is 2. The molecule has 6 rings (SSSR count). The molecule has 3 aromatic heterocycles. The van der Waals surface area contributed by atoms with Gasteiger partial charge in [0.05, 0.1) is 16.6 Å². The number of nitrogens with one attached hydrogen (secondary N) is 2. The maximum atomic E-state index is 13.0. The number of hydrogen-bond acceptors (Lipinski definition) is 4. The minimum Gasteiger partial charge on any atom is -0.454 e. The number of H-pyrrole nitrogens is 1. The van der Waals surface area contributed by atoms with Gasteiger partial charge in [-0.1, -0.05) is 36.4 Å². The second-order valence-electron chi connectivity index (χ2n) is 8.78. The number of carbonyl (C=O) groups is 1. The number of furan rings is 1. The Morgan fingerprint density at radius 2 is 1.76 bits per heavy atom. The highest BCUT2D eigenvalue weighted by Crippen LogP contribution is 2.31. The number of hydrogen-bond donors (Lipinski definition) is 2. The van der Waals surface area contributed by atoms with Crippen molar-refractivity contribution in [2.45, 2.75) is 12.6 Å². The Morgan fingerprint density at radius 3 is 2.61 bits per heavy atom. The smallest absolute Gasteiger partial charge is 0.416 e. The van der Waals surface area contributed by atoms with Gasteiger partial charge in [0.2, 0.25) is 0 Å². The third-order valence-corrected chi connectivity index (χ3v) is 6.11. The lowest BCUT2D eigenvalue weighted by molar-refractivity contribution is -0.137. The summed E-state index contributed by atoms with van der Waals surface area (Å²) < 4.78 is 45.1. The molecule has 0 spiro atoms. The lowest BCUT2D eigenvalue weighted by Gasteiger charge is -2.10. The van der Waals surface area contributed by atoms with Crippen LogP contribution in [0.4, 0.5) is 18.9 Å². The highest BCUT2D eigenvalue weighted by molar-refractivity contribution is 6.04. The van der Waals surface area contributed by atoms with Crippen LogP contribution in [0.5, 0.6) is 0 Å². The van der Waals surface area contributed by atoms with Gasteiger partial charge in [0.25, 0.3) is 5.91 Å². The summed E-state index contributed by atoms with van der Waals surface area (Å²) in [6.07, 6.45) is -2.38. The van der Waals surface area contributed by atoms with E-state index in [2.05, 4.69) is 15.3 Å². The summed E-state index contributed by atoms with van der Waals surface area (Å²) in [7, 11) is 0. The number of benzene rings is 3. The van der Waals surface area contributed by atoms with E-state index in [1.54, 1.807) is 24.4 Å². The number of aromatic amines is 1. The fourth-order valence-corrected chi connectivity index (χ4v) is 4.33. The predicted octanol–water partition coefficient (Wildman–Crippen LogP) is 7.23. The summed E-state index contributed by atoms with van der Waals surface area (Å²) in [5.74, 6) is 0.531. The van der Waals surface area contributed by atoms with Crippen molar-refractivity contribution in [3.63, 3.8) is 0 Å². The Bertz CT molecular complexity index is 1770. The first-order chi connectivity index (χ1) is 18.3. The highest BCUT2D eigenvalue weighted by Gasteiger charge is 2.30. The first kappa shape index (κ1) is 23.5. The molecular formula is C29H19F3N4O2. The first-order valence-electron chi connectivity index (χ1n) is 11.7. The van der Waals surface area contributed by atoms with Gasteiger partial charge in [-0.05, 0) is 54.1 Å². The van der Waals surface area contributed by atoms with E-state index in [9.17, 15) is 18.0 Å². The van der Waals surface area contributed by atoms with Crippen molar-refractivity contribution >= 4 is 33.6 Å². The molecule has 188 valence electrons. The zero-order valence-electron chi connectivity index (χ0n) is 19.7. The molecule has 0 atom stereocenters. The number of nitrogens with zero attached hydrogens (tertiary/aromatic N) is 2. The number of anilines is 1. The van der Waals surface area contributed by atoms with Gasteiger partial charge in [-0.2, -0.15) is 13.2 Å². The number of amides is 1. The van der Waals surface area contributed by atoms with Crippen molar-refractivity contribution in [1.82, 2.24) is 15.0 Å². The number of alkyl halides is 3. The molecule has 0 aliphatic rings. The van der Waals surface area contributed by atoms with Gasteiger partial charge in [0.15, 0.2) is 5.76 Å².